The van der Waals surface area contributed by atoms with Gasteiger partial charge in [0.15, 0.2) is 0 Å². The summed E-state index contributed by atoms with van der Waals surface area (Å²) in [4.78, 5) is 8.64. The monoisotopic (exact) mass is 334 g/mol. The predicted octanol–water partition coefficient (Wildman–Crippen LogP) is 1.86. The van der Waals surface area contributed by atoms with E-state index in [9.17, 15) is 8.42 Å². The molecule has 0 radical (unpaired) electrons. The Labute approximate surface area is 137 Å². The minimum atomic E-state index is -3.13. The van der Waals surface area contributed by atoms with Crippen LogP contribution in [0.4, 0.5) is 0 Å². The van der Waals surface area contributed by atoms with Crippen LogP contribution < -0.4 is 0 Å². The van der Waals surface area contributed by atoms with Gasteiger partial charge in [0.05, 0.1) is 12.3 Å². The van der Waals surface area contributed by atoms with Gasteiger partial charge in [0, 0.05) is 43.8 Å². The number of pyridine rings is 1. The topological polar surface area (TPSA) is 68.1 Å². The molecule has 0 aliphatic carbocycles. The van der Waals surface area contributed by atoms with Gasteiger partial charge in [0.25, 0.3) is 0 Å². The maximum Gasteiger partial charge on any atom is 0.213 e. The summed E-state index contributed by atoms with van der Waals surface area (Å²) in [7, 11) is -3.13. The number of rotatable bonds is 5. The normalized spacial score (nSPS) is 19.8. The molecule has 0 spiro atoms. The first-order chi connectivity index (χ1) is 11.1. The molecule has 1 saturated heterocycles. The van der Waals surface area contributed by atoms with Crippen molar-refractivity contribution < 1.29 is 8.42 Å². The van der Waals surface area contributed by atoms with Gasteiger partial charge in [0.1, 0.15) is 5.82 Å². The highest BCUT2D eigenvalue weighted by Crippen LogP contribution is 2.27. The maximum absolute atomic E-state index is 12.1. The van der Waals surface area contributed by atoms with Gasteiger partial charge in [-0.25, -0.2) is 17.7 Å². The molecule has 0 saturated carbocycles. The highest BCUT2D eigenvalue weighted by molar-refractivity contribution is 7.89. The van der Waals surface area contributed by atoms with E-state index < -0.39 is 10.0 Å². The molecule has 1 fully saturated rings. The summed E-state index contributed by atoms with van der Waals surface area (Å²) in [6, 6.07) is 3.95. The molecule has 1 aliphatic rings. The van der Waals surface area contributed by atoms with Crippen molar-refractivity contribution in [2.24, 2.45) is 0 Å². The first kappa shape index (κ1) is 16.1. The van der Waals surface area contributed by atoms with Crippen molar-refractivity contribution >= 4 is 10.0 Å². The second-order valence-corrected chi connectivity index (χ2v) is 8.13. The largest absolute Gasteiger partial charge is 0.330 e. The van der Waals surface area contributed by atoms with E-state index in [1.165, 1.54) is 0 Å². The van der Waals surface area contributed by atoms with Crippen molar-refractivity contribution in [3.8, 4) is 0 Å². The molecule has 1 unspecified atom stereocenters. The molecule has 1 aliphatic heterocycles. The fourth-order valence-corrected chi connectivity index (χ4v) is 4.27. The molecule has 2 aromatic heterocycles. The van der Waals surface area contributed by atoms with Gasteiger partial charge in [-0.3, -0.25) is 4.98 Å². The number of aromatic nitrogens is 3. The second kappa shape index (κ2) is 6.80. The van der Waals surface area contributed by atoms with Crippen LogP contribution in [0.15, 0.2) is 36.9 Å². The third-order valence-electron chi connectivity index (χ3n) is 4.33. The highest BCUT2D eigenvalue weighted by atomic mass is 32.2. The second-order valence-electron chi connectivity index (χ2n) is 5.87. The van der Waals surface area contributed by atoms with E-state index in [1.54, 1.807) is 23.6 Å². The van der Waals surface area contributed by atoms with Gasteiger partial charge in [0.2, 0.25) is 10.0 Å². The smallest absolute Gasteiger partial charge is 0.213 e. The molecule has 0 aromatic carbocycles. The Morgan fingerprint density at radius 1 is 1.35 bits per heavy atom. The molecule has 3 heterocycles. The van der Waals surface area contributed by atoms with Crippen molar-refractivity contribution in [2.75, 3.05) is 18.8 Å². The molecular weight excluding hydrogens is 312 g/mol. The molecule has 6 nitrogen and oxygen atoms in total. The quantitative estimate of drug-likeness (QED) is 0.837. The van der Waals surface area contributed by atoms with Crippen LogP contribution in [0, 0.1) is 0 Å². The Morgan fingerprint density at radius 2 is 2.22 bits per heavy atom. The molecule has 124 valence electrons. The number of hydrogen-bond donors (Lipinski definition) is 0. The lowest BCUT2D eigenvalue weighted by Gasteiger charge is -2.31. The Morgan fingerprint density at radius 3 is 2.96 bits per heavy atom. The first-order valence-corrected chi connectivity index (χ1v) is 9.59. The summed E-state index contributed by atoms with van der Waals surface area (Å²) in [6.07, 6.45) is 9.20. The van der Waals surface area contributed by atoms with Crippen LogP contribution in [0.3, 0.4) is 0 Å². The fourth-order valence-electron chi connectivity index (χ4n) is 3.09. The van der Waals surface area contributed by atoms with E-state index in [2.05, 4.69) is 14.5 Å². The summed E-state index contributed by atoms with van der Waals surface area (Å²) in [5.41, 5.74) is 1.11. The predicted molar refractivity (Wildman–Crippen MR) is 88.6 cm³/mol. The Bertz CT molecular complexity index is 742. The number of nitrogens with zero attached hydrogens (tertiary/aromatic N) is 4. The van der Waals surface area contributed by atoms with Gasteiger partial charge in [-0.05, 0) is 31.4 Å². The van der Waals surface area contributed by atoms with Crippen LogP contribution >= 0.6 is 0 Å². The number of imidazole rings is 1. The number of sulfonamides is 1. The Hall–Kier alpha value is -1.73. The third kappa shape index (κ3) is 3.61. The minimum absolute atomic E-state index is 0.150. The fraction of sp³-hybridized carbons (Fsp3) is 0.500. The molecule has 7 heteroatoms. The summed E-state index contributed by atoms with van der Waals surface area (Å²) in [6.45, 7) is 3.55. The van der Waals surface area contributed by atoms with Gasteiger partial charge in [-0.15, -0.1) is 0 Å². The van der Waals surface area contributed by atoms with Crippen molar-refractivity contribution in [1.29, 1.82) is 0 Å². The van der Waals surface area contributed by atoms with Crippen LogP contribution in [-0.4, -0.2) is 46.1 Å². The lowest BCUT2D eigenvalue weighted by atomic mass is 9.98. The average Bonchev–Trinajstić information content (AvgIpc) is 3.04. The van der Waals surface area contributed by atoms with Gasteiger partial charge in [-0.1, -0.05) is 6.07 Å². The van der Waals surface area contributed by atoms with E-state index in [0.717, 1.165) is 24.2 Å². The van der Waals surface area contributed by atoms with Crippen LogP contribution in [0.5, 0.6) is 0 Å². The van der Waals surface area contributed by atoms with Gasteiger partial charge >= 0.3 is 0 Å². The van der Waals surface area contributed by atoms with E-state index >= 15 is 0 Å². The SMILES string of the molecule is CCS(=O)(=O)N1CCCC(c2nccn2Cc2cccnc2)C1. The number of hydrogen-bond acceptors (Lipinski definition) is 4. The molecule has 0 amide bonds. The Kier molecular flexibility index (Phi) is 4.77. The van der Waals surface area contributed by atoms with E-state index in [-0.39, 0.29) is 11.7 Å². The highest BCUT2D eigenvalue weighted by Gasteiger charge is 2.30. The van der Waals surface area contributed by atoms with E-state index in [0.29, 0.717) is 19.6 Å². The molecule has 3 rings (SSSR count). The van der Waals surface area contributed by atoms with Crippen molar-refractivity contribution in [2.45, 2.75) is 32.2 Å². The van der Waals surface area contributed by atoms with Gasteiger partial charge in [-0.2, -0.15) is 0 Å². The molecular formula is C16H22N4O2S. The van der Waals surface area contributed by atoms with Crippen LogP contribution in [0.25, 0.3) is 0 Å². The lowest BCUT2D eigenvalue weighted by Crippen LogP contribution is -2.40. The van der Waals surface area contributed by atoms with Crippen molar-refractivity contribution in [3.63, 3.8) is 0 Å². The minimum Gasteiger partial charge on any atom is -0.330 e. The average molecular weight is 334 g/mol. The number of piperidine rings is 1. The van der Waals surface area contributed by atoms with Crippen LogP contribution in [0.2, 0.25) is 0 Å². The van der Waals surface area contributed by atoms with Crippen LogP contribution in [-0.2, 0) is 16.6 Å². The first-order valence-electron chi connectivity index (χ1n) is 7.98. The molecule has 0 N–H and O–H groups in total. The molecule has 2 aromatic rings. The summed E-state index contributed by atoms with van der Waals surface area (Å²) in [5, 5.41) is 0. The molecule has 1 atom stereocenters. The zero-order chi connectivity index (χ0) is 16.3. The zero-order valence-electron chi connectivity index (χ0n) is 13.3. The lowest BCUT2D eigenvalue weighted by molar-refractivity contribution is 0.306. The zero-order valence-corrected chi connectivity index (χ0v) is 14.1. The van der Waals surface area contributed by atoms with E-state index in [1.807, 2.05) is 24.5 Å². The summed E-state index contributed by atoms with van der Waals surface area (Å²) >= 11 is 0. The van der Waals surface area contributed by atoms with Crippen molar-refractivity contribution in [1.82, 2.24) is 18.8 Å². The molecule has 0 bridgehead atoms. The van der Waals surface area contributed by atoms with E-state index in [4.69, 9.17) is 0 Å². The van der Waals surface area contributed by atoms with Crippen molar-refractivity contribution in [3.05, 3.63) is 48.3 Å². The van der Waals surface area contributed by atoms with Gasteiger partial charge < -0.3 is 4.57 Å². The maximum atomic E-state index is 12.1. The van der Waals surface area contributed by atoms with Crippen LogP contribution in [0.1, 0.15) is 37.1 Å². The third-order valence-corrected chi connectivity index (χ3v) is 6.18. The Balaban J connectivity index is 1.78. The summed E-state index contributed by atoms with van der Waals surface area (Å²) in [5.74, 6) is 1.27. The molecule has 23 heavy (non-hydrogen) atoms. The standard InChI is InChI=1S/C16H22N4O2S/c1-2-23(21,22)20-9-4-6-15(13-20)16-18-8-10-19(16)12-14-5-3-7-17-11-14/h3,5,7-8,10-11,15H,2,4,6,9,12-13H2,1H3. The summed E-state index contributed by atoms with van der Waals surface area (Å²) < 4.78 is 28.0.